The summed E-state index contributed by atoms with van der Waals surface area (Å²) in [6.45, 7) is 0.107. The normalized spacial score (nSPS) is 10.1. The third-order valence-electron chi connectivity index (χ3n) is 1.76. The van der Waals surface area contributed by atoms with E-state index in [1.54, 1.807) is 0 Å². The molecule has 7 nitrogen and oxygen atoms in total. The standard InChI is InChI=1S/C8H11N3O4S/c1-15-3-2-11(4-7(12)13)8(14)6-5-16-10-9-6/h5H,2-4H2,1H3,(H,12,13). The molecule has 0 fully saturated rings. The third-order valence-corrected chi connectivity index (χ3v) is 2.26. The number of hydrogen-bond donors (Lipinski definition) is 1. The van der Waals surface area contributed by atoms with Crippen LogP contribution in [0.3, 0.4) is 0 Å². The Bertz CT molecular complexity index is 354. The van der Waals surface area contributed by atoms with Crippen LogP contribution in [-0.4, -0.2) is 58.3 Å². The van der Waals surface area contributed by atoms with Crippen molar-refractivity contribution in [3.05, 3.63) is 11.1 Å². The van der Waals surface area contributed by atoms with Crippen LogP contribution in [0, 0.1) is 0 Å². The number of carboxylic acid groups (broad SMARTS) is 1. The molecule has 1 aromatic rings. The summed E-state index contributed by atoms with van der Waals surface area (Å²) in [5.74, 6) is -1.53. The minimum atomic E-state index is -1.08. The Labute approximate surface area is 95.8 Å². The van der Waals surface area contributed by atoms with Gasteiger partial charge in [-0.15, -0.1) is 5.10 Å². The van der Waals surface area contributed by atoms with Crippen LogP contribution in [0.2, 0.25) is 0 Å². The topological polar surface area (TPSA) is 92.6 Å². The van der Waals surface area contributed by atoms with E-state index in [0.29, 0.717) is 0 Å². The van der Waals surface area contributed by atoms with Crippen LogP contribution in [-0.2, 0) is 9.53 Å². The maximum Gasteiger partial charge on any atom is 0.323 e. The molecule has 0 aliphatic heterocycles. The van der Waals surface area contributed by atoms with E-state index in [1.807, 2.05) is 0 Å². The Kier molecular flexibility index (Phi) is 4.80. The number of aromatic nitrogens is 2. The van der Waals surface area contributed by atoms with Gasteiger partial charge in [0.15, 0.2) is 5.69 Å². The molecule has 0 unspecified atom stereocenters. The molecule has 1 amide bonds. The fourth-order valence-electron chi connectivity index (χ4n) is 1.04. The van der Waals surface area contributed by atoms with Crippen molar-refractivity contribution in [1.82, 2.24) is 14.5 Å². The summed E-state index contributed by atoms with van der Waals surface area (Å²) >= 11 is 1.04. The van der Waals surface area contributed by atoms with Crippen molar-refractivity contribution in [2.75, 3.05) is 26.8 Å². The number of carboxylic acids is 1. The zero-order valence-electron chi connectivity index (χ0n) is 8.62. The second-order valence-corrected chi connectivity index (χ2v) is 3.51. The van der Waals surface area contributed by atoms with E-state index in [2.05, 4.69) is 9.59 Å². The predicted molar refractivity (Wildman–Crippen MR) is 55.3 cm³/mol. The van der Waals surface area contributed by atoms with E-state index in [4.69, 9.17) is 9.84 Å². The van der Waals surface area contributed by atoms with E-state index in [9.17, 15) is 9.59 Å². The van der Waals surface area contributed by atoms with Gasteiger partial charge in [0.2, 0.25) is 0 Å². The van der Waals surface area contributed by atoms with Gasteiger partial charge in [-0.25, -0.2) is 0 Å². The van der Waals surface area contributed by atoms with Crippen molar-refractivity contribution in [2.24, 2.45) is 0 Å². The highest BCUT2D eigenvalue weighted by molar-refractivity contribution is 7.03. The number of ether oxygens (including phenoxy) is 1. The highest BCUT2D eigenvalue weighted by Crippen LogP contribution is 2.03. The first-order chi connectivity index (χ1) is 7.65. The predicted octanol–water partition coefficient (Wildman–Crippen LogP) is -0.289. The number of carbonyl (C=O) groups excluding carboxylic acids is 1. The SMILES string of the molecule is COCCN(CC(=O)O)C(=O)c1csnn1. The van der Waals surface area contributed by atoms with Crippen LogP contribution in [0.5, 0.6) is 0 Å². The van der Waals surface area contributed by atoms with Crippen LogP contribution >= 0.6 is 11.5 Å². The van der Waals surface area contributed by atoms with Crippen LogP contribution in [0.4, 0.5) is 0 Å². The molecule has 1 heterocycles. The number of carbonyl (C=O) groups is 2. The minimum absolute atomic E-state index is 0.155. The molecule has 0 saturated heterocycles. The molecule has 0 bridgehead atoms. The largest absolute Gasteiger partial charge is 0.480 e. The fraction of sp³-hybridized carbons (Fsp3) is 0.500. The second-order valence-electron chi connectivity index (χ2n) is 2.90. The summed E-state index contributed by atoms with van der Waals surface area (Å²) in [6.07, 6.45) is 0. The van der Waals surface area contributed by atoms with Crippen LogP contribution in [0.15, 0.2) is 5.38 Å². The molecule has 0 aliphatic carbocycles. The maximum atomic E-state index is 11.8. The van der Waals surface area contributed by atoms with Crippen molar-refractivity contribution >= 4 is 23.4 Å². The molecule has 0 atom stereocenters. The van der Waals surface area contributed by atoms with Gasteiger partial charge < -0.3 is 14.7 Å². The fourth-order valence-corrected chi connectivity index (χ4v) is 1.47. The Hall–Kier alpha value is -1.54. The van der Waals surface area contributed by atoms with Gasteiger partial charge in [0.05, 0.1) is 6.61 Å². The summed E-state index contributed by atoms with van der Waals surface area (Å²) < 4.78 is 8.35. The lowest BCUT2D eigenvalue weighted by molar-refractivity contribution is -0.137. The number of rotatable bonds is 6. The van der Waals surface area contributed by atoms with Gasteiger partial charge in [-0.1, -0.05) is 4.49 Å². The van der Waals surface area contributed by atoms with E-state index in [1.165, 1.54) is 12.5 Å². The van der Waals surface area contributed by atoms with E-state index < -0.39 is 11.9 Å². The first kappa shape index (κ1) is 12.5. The van der Waals surface area contributed by atoms with Crippen molar-refractivity contribution in [3.63, 3.8) is 0 Å². The van der Waals surface area contributed by atoms with E-state index in [0.717, 1.165) is 16.4 Å². The number of methoxy groups -OCH3 is 1. The van der Waals surface area contributed by atoms with E-state index in [-0.39, 0.29) is 25.4 Å². The Morgan fingerprint density at radius 3 is 2.88 bits per heavy atom. The van der Waals surface area contributed by atoms with Crippen LogP contribution < -0.4 is 0 Å². The molecule has 1 aromatic heterocycles. The average Bonchev–Trinajstić information content (AvgIpc) is 2.76. The number of aliphatic carboxylic acids is 1. The molecule has 1 N–H and O–H groups in total. The van der Waals surface area contributed by atoms with Crippen LogP contribution in [0.25, 0.3) is 0 Å². The summed E-state index contributed by atoms with van der Waals surface area (Å²) in [7, 11) is 1.48. The molecule has 88 valence electrons. The molecule has 0 saturated carbocycles. The quantitative estimate of drug-likeness (QED) is 0.740. The van der Waals surface area contributed by atoms with Gasteiger partial charge in [0.1, 0.15) is 6.54 Å². The zero-order valence-corrected chi connectivity index (χ0v) is 9.44. The maximum absolute atomic E-state index is 11.8. The molecule has 16 heavy (non-hydrogen) atoms. The van der Waals surface area contributed by atoms with Gasteiger partial charge in [0.25, 0.3) is 5.91 Å². The monoisotopic (exact) mass is 245 g/mol. The van der Waals surface area contributed by atoms with Crippen molar-refractivity contribution in [2.45, 2.75) is 0 Å². The number of hydrogen-bond acceptors (Lipinski definition) is 6. The van der Waals surface area contributed by atoms with Gasteiger partial charge >= 0.3 is 5.97 Å². The zero-order chi connectivity index (χ0) is 12.0. The summed E-state index contributed by atoms with van der Waals surface area (Å²) in [5, 5.41) is 13.7. The molecular formula is C8H11N3O4S. The number of amides is 1. The molecular weight excluding hydrogens is 234 g/mol. The van der Waals surface area contributed by atoms with E-state index >= 15 is 0 Å². The van der Waals surface area contributed by atoms with Crippen molar-refractivity contribution < 1.29 is 19.4 Å². The Balaban J connectivity index is 2.67. The third kappa shape index (κ3) is 3.55. The molecule has 1 rings (SSSR count). The highest BCUT2D eigenvalue weighted by Gasteiger charge is 2.20. The molecule has 8 heteroatoms. The van der Waals surface area contributed by atoms with Gasteiger partial charge in [-0.2, -0.15) is 0 Å². The summed E-state index contributed by atoms with van der Waals surface area (Å²) in [5.41, 5.74) is 0.155. The molecule has 0 radical (unpaired) electrons. The van der Waals surface area contributed by atoms with Gasteiger partial charge in [0, 0.05) is 19.0 Å². The average molecular weight is 245 g/mol. The van der Waals surface area contributed by atoms with Crippen molar-refractivity contribution in [1.29, 1.82) is 0 Å². The Morgan fingerprint density at radius 1 is 1.62 bits per heavy atom. The smallest absolute Gasteiger partial charge is 0.323 e. The first-order valence-electron chi connectivity index (χ1n) is 4.42. The van der Waals surface area contributed by atoms with Gasteiger partial charge in [-0.05, 0) is 11.5 Å². The summed E-state index contributed by atoms with van der Waals surface area (Å²) in [6, 6.07) is 0. The van der Waals surface area contributed by atoms with Crippen LogP contribution in [0.1, 0.15) is 10.5 Å². The minimum Gasteiger partial charge on any atom is -0.480 e. The lowest BCUT2D eigenvalue weighted by atomic mass is 10.3. The first-order valence-corrected chi connectivity index (χ1v) is 5.26. The lowest BCUT2D eigenvalue weighted by Crippen LogP contribution is -2.38. The number of nitrogens with zero attached hydrogens (tertiary/aromatic N) is 3. The summed E-state index contributed by atoms with van der Waals surface area (Å²) in [4.78, 5) is 23.5. The lowest BCUT2D eigenvalue weighted by Gasteiger charge is -2.18. The Morgan fingerprint density at radius 2 is 2.38 bits per heavy atom. The molecule has 0 aliphatic rings. The molecule has 0 spiro atoms. The second kappa shape index (κ2) is 6.13. The molecule has 0 aromatic carbocycles. The van der Waals surface area contributed by atoms with Gasteiger partial charge in [-0.3, -0.25) is 9.59 Å². The van der Waals surface area contributed by atoms with Crippen molar-refractivity contribution in [3.8, 4) is 0 Å². The highest BCUT2D eigenvalue weighted by atomic mass is 32.1.